The van der Waals surface area contributed by atoms with Gasteiger partial charge in [0.2, 0.25) is 0 Å². The molecular formula is C13H18ClNO. The monoisotopic (exact) mass is 239 g/mol. The first-order chi connectivity index (χ1) is 7.54. The Labute approximate surface area is 102 Å². The van der Waals surface area contributed by atoms with Gasteiger partial charge in [0, 0.05) is 16.6 Å². The summed E-state index contributed by atoms with van der Waals surface area (Å²) >= 11 is 5.98. The molecule has 2 nitrogen and oxygen atoms in total. The van der Waals surface area contributed by atoms with E-state index in [-0.39, 0.29) is 5.78 Å². The molecule has 0 fully saturated rings. The number of carbonyl (C=O) groups is 1. The third kappa shape index (κ3) is 3.62. The predicted octanol–water partition coefficient (Wildman–Crippen LogP) is 3.22. The van der Waals surface area contributed by atoms with Crippen LogP contribution in [0.25, 0.3) is 0 Å². The summed E-state index contributed by atoms with van der Waals surface area (Å²) in [5, 5.41) is 3.82. The number of benzene rings is 1. The van der Waals surface area contributed by atoms with Gasteiger partial charge in [-0.1, -0.05) is 30.7 Å². The lowest BCUT2D eigenvalue weighted by atomic mass is 10.1. The van der Waals surface area contributed by atoms with Crippen molar-refractivity contribution in [2.24, 2.45) is 0 Å². The molecule has 1 N–H and O–H groups in total. The first kappa shape index (κ1) is 13.2. The minimum Gasteiger partial charge on any atom is -0.307 e. The molecule has 1 unspecified atom stereocenters. The van der Waals surface area contributed by atoms with Crippen LogP contribution in [0.2, 0.25) is 5.02 Å². The standard InChI is InChI=1S/C13H18ClNO/c1-4-10(3)15-8-13(16)11-6-5-9(2)12(14)7-11/h5-7,10,15H,4,8H2,1-3H3. The Bertz CT molecular complexity index is 376. The topological polar surface area (TPSA) is 29.1 Å². The molecule has 0 saturated heterocycles. The average molecular weight is 240 g/mol. The number of nitrogens with one attached hydrogen (secondary N) is 1. The van der Waals surface area contributed by atoms with Gasteiger partial charge >= 0.3 is 0 Å². The molecule has 0 bridgehead atoms. The van der Waals surface area contributed by atoms with Gasteiger partial charge in [-0.3, -0.25) is 4.79 Å². The van der Waals surface area contributed by atoms with Gasteiger partial charge in [-0.2, -0.15) is 0 Å². The lowest BCUT2D eigenvalue weighted by Gasteiger charge is -2.10. The third-order valence-electron chi connectivity index (χ3n) is 2.72. The summed E-state index contributed by atoms with van der Waals surface area (Å²) in [7, 11) is 0. The van der Waals surface area contributed by atoms with E-state index >= 15 is 0 Å². The Balaban J connectivity index is 2.63. The van der Waals surface area contributed by atoms with Gasteiger partial charge in [0.25, 0.3) is 0 Å². The van der Waals surface area contributed by atoms with Crippen LogP contribution in [0, 0.1) is 6.92 Å². The normalized spacial score (nSPS) is 12.5. The highest BCUT2D eigenvalue weighted by Gasteiger charge is 2.08. The van der Waals surface area contributed by atoms with Crippen LogP contribution in [-0.4, -0.2) is 18.4 Å². The van der Waals surface area contributed by atoms with Crippen molar-refractivity contribution >= 4 is 17.4 Å². The van der Waals surface area contributed by atoms with E-state index in [4.69, 9.17) is 11.6 Å². The average Bonchev–Trinajstić information content (AvgIpc) is 2.29. The van der Waals surface area contributed by atoms with Gasteiger partial charge < -0.3 is 5.32 Å². The molecule has 0 radical (unpaired) electrons. The van der Waals surface area contributed by atoms with Crippen molar-refractivity contribution in [1.82, 2.24) is 5.32 Å². The van der Waals surface area contributed by atoms with Crippen molar-refractivity contribution in [1.29, 1.82) is 0 Å². The fourth-order valence-electron chi connectivity index (χ4n) is 1.28. The fourth-order valence-corrected chi connectivity index (χ4v) is 1.46. The van der Waals surface area contributed by atoms with Crippen LogP contribution in [-0.2, 0) is 0 Å². The van der Waals surface area contributed by atoms with Crippen LogP contribution in [0.15, 0.2) is 18.2 Å². The summed E-state index contributed by atoms with van der Waals surface area (Å²) in [5.41, 5.74) is 1.67. The Kier molecular flexibility index (Phi) is 4.97. The highest BCUT2D eigenvalue weighted by atomic mass is 35.5. The SMILES string of the molecule is CCC(C)NCC(=O)c1ccc(C)c(Cl)c1. The van der Waals surface area contributed by atoms with Crippen molar-refractivity contribution in [3.05, 3.63) is 34.3 Å². The van der Waals surface area contributed by atoms with Crippen molar-refractivity contribution in [3.8, 4) is 0 Å². The van der Waals surface area contributed by atoms with E-state index in [0.717, 1.165) is 12.0 Å². The molecule has 1 rings (SSSR count). The van der Waals surface area contributed by atoms with E-state index in [9.17, 15) is 4.79 Å². The fraction of sp³-hybridized carbons (Fsp3) is 0.462. The van der Waals surface area contributed by atoms with Crippen molar-refractivity contribution in [3.63, 3.8) is 0 Å². The number of carbonyl (C=O) groups excluding carboxylic acids is 1. The van der Waals surface area contributed by atoms with E-state index in [1.807, 2.05) is 19.1 Å². The zero-order valence-corrected chi connectivity index (χ0v) is 10.8. The summed E-state index contributed by atoms with van der Waals surface area (Å²) < 4.78 is 0. The van der Waals surface area contributed by atoms with Crippen molar-refractivity contribution in [2.75, 3.05) is 6.54 Å². The van der Waals surface area contributed by atoms with Gasteiger partial charge in [0.05, 0.1) is 6.54 Å². The molecule has 1 aromatic carbocycles. The minimum absolute atomic E-state index is 0.0854. The Morgan fingerprint density at radius 2 is 2.19 bits per heavy atom. The van der Waals surface area contributed by atoms with Crippen LogP contribution in [0.5, 0.6) is 0 Å². The van der Waals surface area contributed by atoms with Crippen LogP contribution in [0.3, 0.4) is 0 Å². The van der Waals surface area contributed by atoms with E-state index in [2.05, 4.69) is 19.2 Å². The number of hydrogen-bond acceptors (Lipinski definition) is 2. The zero-order valence-electron chi connectivity index (χ0n) is 10.0. The van der Waals surface area contributed by atoms with E-state index in [1.165, 1.54) is 0 Å². The first-order valence-electron chi connectivity index (χ1n) is 5.57. The molecule has 1 aromatic rings. The van der Waals surface area contributed by atoms with Crippen molar-refractivity contribution in [2.45, 2.75) is 33.2 Å². The number of halogens is 1. The maximum absolute atomic E-state index is 11.8. The van der Waals surface area contributed by atoms with Gasteiger partial charge in [-0.05, 0) is 31.9 Å². The summed E-state index contributed by atoms with van der Waals surface area (Å²) in [5.74, 6) is 0.0854. The Hall–Kier alpha value is -0.860. The summed E-state index contributed by atoms with van der Waals surface area (Å²) in [6.45, 7) is 6.45. The Morgan fingerprint density at radius 1 is 1.50 bits per heavy atom. The van der Waals surface area contributed by atoms with E-state index in [0.29, 0.717) is 23.2 Å². The smallest absolute Gasteiger partial charge is 0.176 e. The predicted molar refractivity (Wildman–Crippen MR) is 68.3 cm³/mol. The highest BCUT2D eigenvalue weighted by Crippen LogP contribution is 2.16. The molecule has 16 heavy (non-hydrogen) atoms. The lowest BCUT2D eigenvalue weighted by Crippen LogP contribution is -2.30. The quantitative estimate of drug-likeness (QED) is 0.800. The summed E-state index contributed by atoms with van der Waals surface area (Å²) in [6, 6.07) is 5.79. The molecule has 0 aliphatic carbocycles. The second-order valence-corrected chi connectivity index (χ2v) is 4.48. The van der Waals surface area contributed by atoms with Gasteiger partial charge in [0.15, 0.2) is 5.78 Å². The highest BCUT2D eigenvalue weighted by molar-refractivity contribution is 6.31. The molecule has 0 amide bonds. The molecule has 0 aliphatic heterocycles. The Morgan fingerprint density at radius 3 is 2.75 bits per heavy atom. The molecule has 0 aromatic heterocycles. The molecule has 0 aliphatic rings. The molecule has 88 valence electrons. The number of hydrogen-bond donors (Lipinski definition) is 1. The van der Waals surface area contributed by atoms with E-state index in [1.54, 1.807) is 6.07 Å². The lowest BCUT2D eigenvalue weighted by molar-refractivity contribution is 0.0987. The molecule has 0 spiro atoms. The maximum Gasteiger partial charge on any atom is 0.176 e. The van der Waals surface area contributed by atoms with Crippen LogP contribution in [0.4, 0.5) is 0 Å². The summed E-state index contributed by atoms with van der Waals surface area (Å²) in [6.07, 6.45) is 1.02. The van der Waals surface area contributed by atoms with Crippen LogP contribution < -0.4 is 5.32 Å². The van der Waals surface area contributed by atoms with E-state index < -0.39 is 0 Å². The summed E-state index contributed by atoms with van der Waals surface area (Å²) in [4.78, 5) is 11.8. The molecule has 3 heteroatoms. The van der Waals surface area contributed by atoms with Crippen LogP contribution >= 0.6 is 11.6 Å². The third-order valence-corrected chi connectivity index (χ3v) is 3.12. The van der Waals surface area contributed by atoms with Crippen molar-refractivity contribution < 1.29 is 4.79 Å². The maximum atomic E-state index is 11.8. The number of rotatable bonds is 5. The molecule has 0 saturated carbocycles. The number of ketones is 1. The second kappa shape index (κ2) is 6.02. The molecular weight excluding hydrogens is 222 g/mol. The molecule has 0 heterocycles. The number of Topliss-reactive ketones (excluding diaryl/α,β-unsaturated/α-hetero) is 1. The second-order valence-electron chi connectivity index (χ2n) is 4.08. The zero-order chi connectivity index (χ0) is 12.1. The minimum atomic E-state index is 0.0854. The van der Waals surface area contributed by atoms with Crippen LogP contribution in [0.1, 0.15) is 36.2 Å². The largest absolute Gasteiger partial charge is 0.307 e. The van der Waals surface area contributed by atoms with Gasteiger partial charge in [-0.25, -0.2) is 0 Å². The number of aryl methyl sites for hydroxylation is 1. The first-order valence-corrected chi connectivity index (χ1v) is 5.95. The molecule has 1 atom stereocenters. The van der Waals surface area contributed by atoms with Gasteiger partial charge in [-0.15, -0.1) is 0 Å². The van der Waals surface area contributed by atoms with Gasteiger partial charge in [0.1, 0.15) is 0 Å².